The molecule has 0 bridgehead atoms. The number of halogens is 3. The van der Waals surface area contributed by atoms with Crippen molar-refractivity contribution in [3.8, 4) is 0 Å². The molecule has 0 radical (unpaired) electrons. The van der Waals surface area contributed by atoms with Crippen molar-refractivity contribution in [2.75, 3.05) is 5.33 Å². The third-order valence-corrected chi connectivity index (χ3v) is 3.45. The first-order valence-corrected chi connectivity index (χ1v) is 11.7. The highest BCUT2D eigenvalue weighted by atomic mass is 80.9. The molecule has 0 saturated heterocycles. The Morgan fingerprint density at radius 1 is 0.800 bits per heavy atom. The van der Waals surface area contributed by atoms with Crippen LogP contribution in [0.15, 0.2) is 48.5 Å². The van der Waals surface area contributed by atoms with Gasteiger partial charge in [-0.1, -0.05) is 64.5 Å². The van der Waals surface area contributed by atoms with E-state index in [-0.39, 0.29) is 11.6 Å². The highest BCUT2D eigenvalue weighted by Gasteiger charge is 2.02. The van der Waals surface area contributed by atoms with Crippen molar-refractivity contribution in [3.63, 3.8) is 0 Å². The van der Waals surface area contributed by atoms with E-state index in [0.29, 0.717) is 27.6 Å². The predicted molar refractivity (Wildman–Crippen MR) is 110 cm³/mol. The molecule has 0 fully saturated rings. The molecule has 2 rings (SSSR count). The molecule has 2 aromatic rings. The minimum Gasteiger partial charge on any atom is -0.298 e. The fourth-order valence-corrected chi connectivity index (χ4v) is 1.94. The summed E-state index contributed by atoms with van der Waals surface area (Å²) in [6, 6.07) is 13.1. The van der Waals surface area contributed by atoms with E-state index in [1.807, 2.05) is 0 Å². The minimum absolute atomic E-state index is 0.0162. The summed E-state index contributed by atoms with van der Waals surface area (Å²) in [4.78, 5) is 42.3. The lowest BCUT2D eigenvalue weighted by Gasteiger charge is -1.95. The zero-order valence-electron chi connectivity index (χ0n) is 13.2. The summed E-state index contributed by atoms with van der Waals surface area (Å²) in [5, 5.41) is 0.313. The molecule has 132 valence electrons. The lowest BCUT2D eigenvalue weighted by atomic mass is 10.1. The summed E-state index contributed by atoms with van der Waals surface area (Å²) in [5.41, 5.74) is 2.43. The van der Waals surface area contributed by atoms with E-state index in [9.17, 15) is 19.2 Å². The quantitative estimate of drug-likeness (QED) is 0.290. The van der Waals surface area contributed by atoms with Gasteiger partial charge in [0.25, 0.3) is 0 Å². The Balaban J connectivity index is 0.000000421. The summed E-state index contributed by atoms with van der Waals surface area (Å²) in [6.07, 6.45) is 1.51. The number of Topliss-reactive ketones (excluding diaryl/α,β-unsaturated/α-hetero) is 2. The number of ketones is 2. The van der Waals surface area contributed by atoms with Gasteiger partial charge in [0.05, 0.1) is 5.33 Å². The van der Waals surface area contributed by atoms with Gasteiger partial charge in [0.2, 0.25) is 0 Å². The third-order valence-electron chi connectivity index (χ3n) is 2.94. The Morgan fingerprint density at radius 2 is 1.16 bits per heavy atom. The fraction of sp³-hybridized carbons (Fsp3) is 0.111. The number of aldehydes is 2. The minimum atomic E-state index is 0.0162. The molecule has 0 aliphatic carbocycles. The van der Waals surface area contributed by atoms with Crippen LogP contribution in [0.4, 0.5) is 0 Å². The van der Waals surface area contributed by atoms with Crippen molar-refractivity contribution < 1.29 is 19.2 Å². The second kappa shape index (κ2) is 13.8. The molecule has 0 aliphatic heterocycles. The number of carbonyl (C=O) groups excluding carboxylic acids is 4. The van der Waals surface area contributed by atoms with Crippen LogP contribution in [0, 0.1) is 0 Å². The molecule has 0 heterocycles. The zero-order valence-corrected chi connectivity index (χ0v) is 18.0. The maximum Gasteiger partial charge on any atom is 0.173 e. The third kappa shape index (κ3) is 9.00. The van der Waals surface area contributed by atoms with E-state index in [0.717, 1.165) is 12.6 Å². The first-order chi connectivity index (χ1) is 12.0. The first kappa shape index (κ1) is 23.6. The van der Waals surface area contributed by atoms with Crippen molar-refractivity contribution >= 4 is 68.3 Å². The van der Waals surface area contributed by atoms with Crippen LogP contribution in [0.1, 0.15) is 48.4 Å². The smallest absolute Gasteiger partial charge is 0.173 e. The van der Waals surface area contributed by atoms with Gasteiger partial charge in [-0.3, -0.25) is 19.2 Å². The number of alkyl halides is 1. The second-order valence-electron chi connectivity index (χ2n) is 4.59. The standard InChI is InChI=1S/C9H7BrO2.C9H8O2.Br2/c10-5-9(12)8-3-1-7(6-11)2-4-8;1-7(11)9-4-2-8(6-10)3-5-9;1-2/h1-4,6H,5H2;2-6H,1H3;. The summed E-state index contributed by atoms with van der Waals surface area (Å²) < 4.78 is 0. The number of hydrogen-bond acceptors (Lipinski definition) is 4. The molecule has 25 heavy (non-hydrogen) atoms. The molecule has 0 N–H and O–H groups in total. The van der Waals surface area contributed by atoms with E-state index in [1.54, 1.807) is 48.5 Å². The van der Waals surface area contributed by atoms with Crippen LogP contribution in [0.2, 0.25) is 0 Å². The van der Waals surface area contributed by atoms with Gasteiger partial charge in [0.15, 0.2) is 11.6 Å². The molecular formula is C18H15Br3O4. The Morgan fingerprint density at radius 3 is 1.44 bits per heavy atom. The van der Waals surface area contributed by atoms with Crippen molar-refractivity contribution in [1.82, 2.24) is 0 Å². The number of carbonyl (C=O) groups is 4. The normalized spacial score (nSPS) is 8.80. The number of hydrogen-bond donors (Lipinski definition) is 0. The molecule has 0 saturated carbocycles. The second-order valence-corrected chi connectivity index (χ2v) is 5.15. The monoisotopic (exact) mass is 532 g/mol. The molecule has 0 amide bonds. The molecular weight excluding hydrogens is 520 g/mol. The predicted octanol–water partition coefficient (Wildman–Crippen LogP) is 5.47. The lowest BCUT2D eigenvalue weighted by Crippen LogP contribution is -1.99. The van der Waals surface area contributed by atoms with Crippen LogP contribution in [-0.2, 0) is 0 Å². The van der Waals surface area contributed by atoms with Gasteiger partial charge in [-0.25, -0.2) is 0 Å². The first-order valence-electron chi connectivity index (χ1n) is 6.86. The van der Waals surface area contributed by atoms with Crippen LogP contribution in [-0.4, -0.2) is 29.5 Å². The molecule has 4 nitrogen and oxygen atoms in total. The number of benzene rings is 2. The zero-order chi connectivity index (χ0) is 19.2. The van der Waals surface area contributed by atoms with Gasteiger partial charge in [-0.15, -0.1) is 0 Å². The molecule has 0 unspecified atom stereocenters. The van der Waals surface area contributed by atoms with Gasteiger partial charge in [-0.05, 0) is 6.92 Å². The van der Waals surface area contributed by atoms with Gasteiger partial charge in [0, 0.05) is 50.5 Å². The van der Waals surface area contributed by atoms with Crippen LogP contribution < -0.4 is 0 Å². The summed E-state index contributed by atoms with van der Waals surface area (Å²) in [7, 11) is 0. The summed E-state index contributed by atoms with van der Waals surface area (Å²) >= 11 is 8.57. The van der Waals surface area contributed by atoms with E-state index in [1.165, 1.54) is 6.92 Å². The van der Waals surface area contributed by atoms with Crippen LogP contribution >= 0.6 is 44.2 Å². The SMILES string of the molecule is BrBr.CC(=O)c1ccc(C=O)cc1.O=Cc1ccc(C(=O)CBr)cc1. The van der Waals surface area contributed by atoms with Crippen molar-refractivity contribution in [1.29, 1.82) is 0 Å². The van der Waals surface area contributed by atoms with Gasteiger partial charge < -0.3 is 0 Å². The molecule has 0 spiro atoms. The largest absolute Gasteiger partial charge is 0.298 e. The van der Waals surface area contributed by atoms with Crippen LogP contribution in [0.5, 0.6) is 0 Å². The summed E-state index contributed by atoms with van der Waals surface area (Å²) in [6.45, 7) is 1.50. The molecule has 7 heteroatoms. The Kier molecular flexibility index (Phi) is 13.0. The van der Waals surface area contributed by atoms with E-state index in [2.05, 4.69) is 44.2 Å². The van der Waals surface area contributed by atoms with Crippen molar-refractivity contribution in [2.45, 2.75) is 6.92 Å². The lowest BCUT2D eigenvalue weighted by molar-refractivity contribution is 0.101. The number of rotatable bonds is 5. The van der Waals surface area contributed by atoms with Crippen LogP contribution in [0.25, 0.3) is 0 Å². The van der Waals surface area contributed by atoms with Gasteiger partial charge >= 0.3 is 0 Å². The topological polar surface area (TPSA) is 68.3 Å². The molecule has 2 aromatic carbocycles. The maximum absolute atomic E-state index is 11.1. The van der Waals surface area contributed by atoms with E-state index in [4.69, 9.17) is 0 Å². The molecule has 0 atom stereocenters. The van der Waals surface area contributed by atoms with Gasteiger partial charge in [0.1, 0.15) is 12.6 Å². The molecule has 0 aromatic heterocycles. The average Bonchev–Trinajstić information content (AvgIpc) is 2.69. The highest BCUT2D eigenvalue weighted by molar-refractivity contribution is 9.93. The van der Waals surface area contributed by atoms with Crippen LogP contribution in [0.3, 0.4) is 0 Å². The highest BCUT2D eigenvalue weighted by Crippen LogP contribution is 2.05. The fourth-order valence-electron chi connectivity index (χ4n) is 1.62. The van der Waals surface area contributed by atoms with Crippen molar-refractivity contribution in [2.24, 2.45) is 0 Å². The summed E-state index contributed by atoms with van der Waals surface area (Å²) in [5.74, 6) is 0.0369. The maximum atomic E-state index is 11.1. The Hall–Kier alpha value is -1.44. The average molecular weight is 535 g/mol. The Bertz CT molecular complexity index is 695. The Labute approximate surface area is 170 Å². The van der Waals surface area contributed by atoms with Gasteiger partial charge in [-0.2, -0.15) is 0 Å². The van der Waals surface area contributed by atoms with Crippen molar-refractivity contribution in [3.05, 3.63) is 70.8 Å². The van der Waals surface area contributed by atoms with E-state index < -0.39 is 0 Å². The molecule has 0 aliphatic rings. The van der Waals surface area contributed by atoms with E-state index >= 15 is 0 Å².